The minimum absolute atomic E-state index is 0.135. The molecule has 1 amide bonds. The van der Waals surface area contributed by atoms with Gasteiger partial charge < -0.3 is 19.7 Å². The van der Waals surface area contributed by atoms with Crippen LogP contribution in [0.4, 0.5) is 4.79 Å². The number of rotatable bonds is 4. The fourth-order valence-electron chi connectivity index (χ4n) is 3.75. The Hall–Kier alpha value is -2.45. The molecule has 0 bridgehead atoms. The highest BCUT2D eigenvalue weighted by molar-refractivity contribution is 7.25. The molecule has 1 aliphatic carbocycles. The smallest absolute Gasteiger partial charge is 0.412 e. The normalized spacial score (nSPS) is 19.9. The van der Waals surface area contributed by atoms with Gasteiger partial charge in [-0.1, -0.05) is 6.07 Å². The molecule has 0 radical (unpaired) electrons. The average molecular weight is 401 g/mol. The Morgan fingerprint density at radius 3 is 2.68 bits per heavy atom. The van der Waals surface area contributed by atoms with Crippen LogP contribution < -0.4 is 14.8 Å². The van der Waals surface area contributed by atoms with Crippen molar-refractivity contribution < 1.29 is 14.3 Å². The van der Waals surface area contributed by atoms with Crippen molar-refractivity contribution in [2.24, 2.45) is 0 Å². The third kappa shape index (κ3) is 3.62. The molecule has 1 fully saturated rings. The SMILES string of the molecule is CNC(=O)Oc1cccc2sc3ncnc(OC4CCC(N(C)C)CC4)c3c12. The van der Waals surface area contributed by atoms with Crippen LogP contribution in [0.1, 0.15) is 25.7 Å². The van der Waals surface area contributed by atoms with E-state index in [1.165, 1.54) is 13.4 Å². The summed E-state index contributed by atoms with van der Waals surface area (Å²) >= 11 is 1.54. The van der Waals surface area contributed by atoms with Crippen molar-refractivity contribution in [3.8, 4) is 11.6 Å². The molecule has 1 aromatic carbocycles. The van der Waals surface area contributed by atoms with Crippen molar-refractivity contribution in [2.75, 3.05) is 21.1 Å². The fraction of sp³-hybridized carbons (Fsp3) is 0.450. The Balaban J connectivity index is 1.69. The maximum Gasteiger partial charge on any atom is 0.412 e. The quantitative estimate of drug-likeness (QED) is 0.718. The van der Waals surface area contributed by atoms with Crippen molar-refractivity contribution in [1.82, 2.24) is 20.2 Å². The second kappa shape index (κ2) is 7.89. The highest BCUT2D eigenvalue weighted by Gasteiger charge is 2.26. The minimum atomic E-state index is -0.506. The summed E-state index contributed by atoms with van der Waals surface area (Å²) in [6.07, 6.45) is 5.39. The van der Waals surface area contributed by atoms with Gasteiger partial charge >= 0.3 is 6.09 Å². The number of carbonyl (C=O) groups is 1. The van der Waals surface area contributed by atoms with Gasteiger partial charge in [0.2, 0.25) is 5.88 Å². The van der Waals surface area contributed by atoms with E-state index in [0.29, 0.717) is 17.7 Å². The molecule has 0 aliphatic heterocycles. The van der Waals surface area contributed by atoms with Gasteiger partial charge in [0.15, 0.2) is 0 Å². The minimum Gasteiger partial charge on any atom is -0.474 e. The lowest BCUT2D eigenvalue weighted by Crippen LogP contribution is -2.35. The molecule has 7 nitrogen and oxygen atoms in total. The Labute approximate surface area is 167 Å². The van der Waals surface area contributed by atoms with Gasteiger partial charge in [-0.2, -0.15) is 0 Å². The summed E-state index contributed by atoms with van der Waals surface area (Å²) in [5.41, 5.74) is 0. The first kappa shape index (κ1) is 18.9. The lowest BCUT2D eigenvalue weighted by atomic mass is 9.92. The number of benzene rings is 1. The van der Waals surface area contributed by atoms with E-state index in [0.717, 1.165) is 46.0 Å². The number of carbonyl (C=O) groups excluding carboxylic acids is 1. The van der Waals surface area contributed by atoms with Crippen molar-refractivity contribution in [2.45, 2.75) is 37.8 Å². The van der Waals surface area contributed by atoms with E-state index in [1.54, 1.807) is 17.4 Å². The van der Waals surface area contributed by atoms with Gasteiger partial charge in [0, 0.05) is 17.8 Å². The molecular weight excluding hydrogens is 376 g/mol. The topological polar surface area (TPSA) is 76.6 Å². The molecule has 0 atom stereocenters. The molecule has 2 aromatic heterocycles. The van der Waals surface area contributed by atoms with E-state index in [1.807, 2.05) is 12.1 Å². The van der Waals surface area contributed by atoms with E-state index in [4.69, 9.17) is 9.47 Å². The Morgan fingerprint density at radius 1 is 1.18 bits per heavy atom. The van der Waals surface area contributed by atoms with Gasteiger partial charge in [-0.3, -0.25) is 0 Å². The predicted molar refractivity (Wildman–Crippen MR) is 110 cm³/mol. The largest absolute Gasteiger partial charge is 0.474 e. The first-order valence-corrected chi connectivity index (χ1v) is 10.3. The number of ether oxygens (including phenoxy) is 2. The maximum absolute atomic E-state index is 11.8. The number of aromatic nitrogens is 2. The monoisotopic (exact) mass is 400 g/mol. The van der Waals surface area contributed by atoms with Gasteiger partial charge in [0.25, 0.3) is 0 Å². The van der Waals surface area contributed by atoms with Crippen LogP contribution in [-0.2, 0) is 0 Å². The molecule has 1 saturated carbocycles. The number of amides is 1. The third-order valence-electron chi connectivity index (χ3n) is 5.28. The van der Waals surface area contributed by atoms with Crippen LogP contribution >= 0.6 is 11.3 Å². The molecule has 148 valence electrons. The highest BCUT2D eigenvalue weighted by Crippen LogP contribution is 2.42. The molecule has 28 heavy (non-hydrogen) atoms. The molecular formula is C20H24N4O3S. The molecule has 3 aromatic rings. The molecule has 1 aliphatic rings. The molecule has 1 N–H and O–H groups in total. The summed E-state index contributed by atoms with van der Waals surface area (Å²) in [5.74, 6) is 1.05. The standard InChI is InChI=1S/C20H24N4O3S/c1-21-20(25)27-14-5-4-6-15-16(14)17-18(22-11-23-19(17)28-15)26-13-9-7-12(8-10-13)24(2)3/h4-6,11-13H,7-10H2,1-3H3,(H,21,25). The second-order valence-electron chi connectivity index (χ2n) is 7.24. The summed E-state index contributed by atoms with van der Waals surface area (Å²) in [5, 5.41) is 4.13. The van der Waals surface area contributed by atoms with E-state index in [-0.39, 0.29) is 6.10 Å². The van der Waals surface area contributed by atoms with Crippen LogP contribution in [0.15, 0.2) is 24.5 Å². The first-order valence-electron chi connectivity index (χ1n) is 9.45. The number of hydrogen-bond acceptors (Lipinski definition) is 7. The number of nitrogens with zero attached hydrogens (tertiary/aromatic N) is 3. The van der Waals surface area contributed by atoms with Crippen LogP contribution in [0.3, 0.4) is 0 Å². The van der Waals surface area contributed by atoms with Crippen LogP contribution in [-0.4, -0.2) is 54.2 Å². The molecule has 0 spiro atoms. The Morgan fingerprint density at radius 2 is 1.96 bits per heavy atom. The van der Waals surface area contributed by atoms with Gasteiger partial charge in [-0.05, 0) is 51.9 Å². The number of hydrogen-bond donors (Lipinski definition) is 1. The van der Waals surface area contributed by atoms with Crippen molar-refractivity contribution in [3.63, 3.8) is 0 Å². The van der Waals surface area contributed by atoms with E-state index >= 15 is 0 Å². The van der Waals surface area contributed by atoms with Crippen LogP contribution in [0, 0.1) is 0 Å². The summed E-state index contributed by atoms with van der Waals surface area (Å²) in [4.78, 5) is 23.7. The molecule has 0 saturated heterocycles. The number of nitrogens with one attached hydrogen (secondary N) is 1. The number of thiophene rings is 1. The zero-order chi connectivity index (χ0) is 19.7. The third-order valence-corrected chi connectivity index (χ3v) is 6.34. The van der Waals surface area contributed by atoms with E-state index in [9.17, 15) is 4.79 Å². The Bertz CT molecular complexity index is 996. The van der Waals surface area contributed by atoms with Crippen LogP contribution in [0.25, 0.3) is 20.3 Å². The highest BCUT2D eigenvalue weighted by atomic mass is 32.1. The molecule has 8 heteroatoms. The van der Waals surface area contributed by atoms with Gasteiger partial charge in [-0.25, -0.2) is 14.8 Å². The van der Waals surface area contributed by atoms with E-state index in [2.05, 4.69) is 34.3 Å². The van der Waals surface area contributed by atoms with Gasteiger partial charge in [-0.15, -0.1) is 11.3 Å². The summed E-state index contributed by atoms with van der Waals surface area (Å²) in [7, 11) is 5.80. The number of fused-ring (bicyclic) bond motifs is 3. The van der Waals surface area contributed by atoms with Crippen molar-refractivity contribution in [3.05, 3.63) is 24.5 Å². The van der Waals surface area contributed by atoms with Gasteiger partial charge in [0.05, 0.1) is 10.8 Å². The average Bonchev–Trinajstić information content (AvgIpc) is 3.09. The van der Waals surface area contributed by atoms with Crippen LogP contribution in [0.5, 0.6) is 11.6 Å². The van der Waals surface area contributed by atoms with Crippen molar-refractivity contribution in [1.29, 1.82) is 0 Å². The molecule has 2 heterocycles. The van der Waals surface area contributed by atoms with E-state index < -0.39 is 6.09 Å². The summed E-state index contributed by atoms with van der Waals surface area (Å²) < 4.78 is 12.8. The molecule has 0 unspecified atom stereocenters. The molecule has 4 rings (SSSR count). The van der Waals surface area contributed by atoms with Gasteiger partial charge in [0.1, 0.15) is 23.0 Å². The van der Waals surface area contributed by atoms with Crippen LogP contribution in [0.2, 0.25) is 0 Å². The zero-order valence-corrected chi connectivity index (χ0v) is 17.1. The summed E-state index contributed by atoms with van der Waals surface area (Å²) in [6.45, 7) is 0. The first-order chi connectivity index (χ1) is 13.6. The lowest BCUT2D eigenvalue weighted by molar-refractivity contribution is 0.108. The maximum atomic E-state index is 11.8. The second-order valence-corrected chi connectivity index (χ2v) is 8.27. The Kier molecular flexibility index (Phi) is 5.32. The van der Waals surface area contributed by atoms with Crippen molar-refractivity contribution >= 4 is 37.7 Å². The predicted octanol–water partition coefficient (Wildman–Crippen LogP) is 3.81. The lowest BCUT2D eigenvalue weighted by Gasteiger charge is -2.32. The zero-order valence-electron chi connectivity index (χ0n) is 16.3. The summed E-state index contributed by atoms with van der Waals surface area (Å²) in [6, 6.07) is 6.25. The fourth-order valence-corrected chi connectivity index (χ4v) is 4.81.